The van der Waals surface area contributed by atoms with Gasteiger partial charge < -0.3 is 15.5 Å². The van der Waals surface area contributed by atoms with Gasteiger partial charge in [-0.05, 0) is 73.2 Å². The summed E-state index contributed by atoms with van der Waals surface area (Å²) in [4.78, 5) is 41.4. The molecule has 4 aromatic rings. The van der Waals surface area contributed by atoms with Gasteiger partial charge in [-0.3, -0.25) is 14.5 Å². The number of urea groups is 1. The SMILES string of the molecule is CCN(CC)C(=O)Nc1ccc(-c2ccc(NCCCN3C(=O)c4cccc5cccc(c45)C3=O)cc2)cc1. The maximum Gasteiger partial charge on any atom is 0.321 e. The third-order valence-electron chi connectivity index (χ3n) is 7.15. The number of anilines is 2. The summed E-state index contributed by atoms with van der Waals surface area (Å²) in [6.07, 6.45) is 0.637. The summed E-state index contributed by atoms with van der Waals surface area (Å²) in [7, 11) is 0. The van der Waals surface area contributed by atoms with E-state index >= 15 is 0 Å². The van der Waals surface area contributed by atoms with E-state index < -0.39 is 0 Å². The van der Waals surface area contributed by atoms with E-state index in [0.29, 0.717) is 43.7 Å². The van der Waals surface area contributed by atoms with Crippen molar-refractivity contribution in [2.24, 2.45) is 0 Å². The van der Waals surface area contributed by atoms with E-state index in [2.05, 4.69) is 10.6 Å². The van der Waals surface area contributed by atoms with Gasteiger partial charge in [0.15, 0.2) is 0 Å². The van der Waals surface area contributed by atoms with Crippen molar-refractivity contribution < 1.29 is 14.4 Å². The van der Waals surface area contributed by atoms with Crippen LogP contribution in [0.5, 0.6) is 0 Å². The Morgan fingerprint density at radius 1 is 0.744 bits per heavy atom. The zero-order chi connectivity index (χ0) is 27.4. The number of carbonyl (C=O) groups is 3. The smallest absolute Gasteiger partial charge is 0.321 e. The number of imide groups is 1. The second kappa shape index (κ2) is 11.4. The van der Waals surface area contributed by atoms with Gasteiger partial charge in [0.1, 0.15) is 0 Å². The molecule has 5 rings (SSSR count). The quantitative estimate of drug-likeness (QED) is 0.196. The fourth-order valence-electron chi connectivity index (χ4n) is 4.99. The molecular weight excluding hydrogens is 488 g/mol. The van der Waals surface area contributed by atoms with E-state index in [9.17, 15) is 14.4 Å². The molecular formula is C32H32N4O3. The van der Waals surface area contributed by atoms with Gasteiger partial charge in [-0.15, -0.1) is 0 Å². The third kappa shape index (κ3) is 5.34. The summed E-state index contributed by atoms with van der Waals surface area (Å²) in [6, 6.07) is 27.0. The highest BCUT2D eigenvalue weighted by Gasteiger charge is 2.32. The summed E-state index contributed by atoms with van der Waals surface area (Å²) in [5, 5.41) is 7.98. The van der Waals surface area contributed by atoms with Crippen molar-refractivity contribution in [1.29, 1.82) is 0 Å². The van der Waals surface area contributed by atoms with E-state index in [1.165, 1.54) is 4.90 Å². The molecule has 0 saturated heterocycles. The van der Waals surface area contributed by atoms with Crippen molar-refractivity contribution in [3.8, 4) is 11.1 Å². The molecule has 0 unspecified atom stereocenters. The first-order chi connectivity index (χ1) is 19.0. The Balaban J connectivity index is 1.14. The number of benzene rings is 4. The van der Waals surface area contributed by atoms with Gasteiger partial charge in [0.25, 0.3) is 11.8 Å². The second-order valence-electron chi connectivity index (χ2n) is 9.51. The molecule has 0 aromatic heterocycles. The van der Waals surface area contributed by atoms with Crippen molar-refractivity contribution in [3.05, 3.63) is 96.1 Å². The molecule has 0 radical (unpaired) electrons. The lowest BCUT2D eigenvalue weighted by molar-refractivity contribution is 0.0610. The molecule has 39 heavy (non-hydrogen) atoms. The highest BCUT2D eigenvalue weighted by molar-refractivity contribution is 6.25. The number of amides is 4. The van der Waals surface area contributed by atoms with Gasteiger partial charge in [0, 0.05) is 54.1 Å². The monoisotopic (exact) mass is 520 g/mol. The Labute approximate surface area is 228 Å². The minimum Gasteiger partial charge on any atom is -0.385 e. The maximum absolute atomic E-state index is 13.0. The molecule has 2 N–H and O–H groups in total. The predicted octanol–water partition coefficient (Wildman–Crippen LogP) is 6.48. The molecule has 0 saturated carbocycles. The van der Waals surface area contributed by atoms with Crippen LogP contribution in [0.1, 0.15) is 41.0 Å². The Kier molecular flexibility index (Phi) is 7.59. The molecule has 0 atom stereocenters. The molecule has 4 amide bonds. The molecule has 7 heteroatoms. The van der Waals surface area contributed by atoms with Crippen molar-refractivity contribution in [2.75, 3.05) is 36.8 Å². The molecule has 0 bridgehead atoms. The largest absolute Gasteiger partial charge is 0.385 e. The first-order valence-electron chi connectivity index (χ1n) is 13.4. The molecule has 0 aliphatic carbocycles. The second-order valence-corrected chi connectivity index (χ2v) is 9.51. The maximum atomic E-state index is 13.0. The number of nitrogens with one attached hydrogen (secondary N) is 2. The van der Waals surface area contributed by atoms with E-state index in [0.717, 1.165) is 33.3 Å². The van der Waals surface area contributed by atoms with Crippen molar-refractivity contribution in [2.45, 2.75) is 20.3 Å². The van der Waals surface area contributed by atoms with Crippen molar-refractivity contribution in [3.63, 3.8) is 0 Å². The highest BCUT2D eigenvalue weighted by Crippen LogP contribution is 2.30. The summed E-state index contributed by atoms with van der Waals surface area (Å²) >= 11 is 0. The third-order valence-corrected chi connectivity index (χ3v) is 7.15. The molecule has 4 aromatic carbocycles. The number of nitrogens with zero attached hydrogens (tertiary/aromatic N) is 2. The van der Waals surface area contributed by atoms with Crippen LogP contribution in [0.4, 0.5) is 16.2 Å². The van der Waals surface area contributed by atoms with E-state index in [-0.39, 0.29) is 17.8 Å². The van der Waals surface area contributed by atoms with Gasteiger partial charge >= 0.3 is 6.03 Å². The van der Waals surface area contributed by atoms with Crippen LogP contribution in [-0.4, -0.2) is 53.8 Å². The van der Waals surface area contributed by atoms with Gasteiger partial charge in [0.2, 0.25) is 0 Å². The molecule has 1 heterocycles. The number of carbonyl (C=O) groups excluding carboxylic acids is 3. The molecule has 0 spiro atoms. The normalized spacial score (nSPS) is 12.5. The summed E-state index contributed by atoms with van der Waals surface area (Å²) in [6.45, 7) is 6.23. The van der Waals surface area contributed by atoms with Gasteiger partial charge in [-0.1, -0.05) is 48.5 Å². The Morgan fingerprint density at radius 3 is 1.82 bits per heavy atom. The first-order valence-corrected chi connectivity index (χ1v) is 13.4. The van der Waals surface area contributed by atoms with Crippen LogP contribution in [0.3, 0.4) is 0 Å². The van der Waals surface area contributed by atoms with E-state index in [1.807, 2.05) is 86.6 Å². The lowest BCUT2D eigenvalue weighted by Gasteiger charge is -2.27. The lowest BCUT2D eigenvalue weighted by Crippen LogP contribution is -2.41. The van der Waals surface area contributed by atoms with Crippen LogP contribution in [0.15, 0.2) is 84.9 Å². The number of hydrogen-bond donors (Lipinski definition) is 2. The van der Waals surface area contributed by atoms with Crippen LogP contribution in [0, 0.1) is 0 Å². The summed E-state index contributed by atoms with van der Waals surface area (Å²) < 4.78 is 0. The van der Waals surface area contributed by atoms with E-state index in [4.69, 9.17) is 0 Å². The molecule has 0 fully saturated rings. The molecule has 1 aliphatic heterocycles. The van der Waals surface area contributed by atoms with Crippen LogP contribution < -0.4 is 10.6 Å². The zero-order valence-corrected chi connectivity index (χ0v) is 22.2. The average molecular weight is 521 g/mol. The molecule has 7 nitrogen and oxygen atoms in total. The molecule has 1 aliphatic rings. The van der Waals surface area contributed by atoms with Crippen molar-refractivity contribution >= 4 is 40.0 Å². The fraction of sp³-hybridized carbons (Fsp3) is 0.219. The van der Waals surface area contributed by atoms with Gasteiger partial charge in [-0.2, -0.15) is 0 Å². The summed E-state index contributed by atoms with van der Waals surface area (Å²) in [5.74, 6) is -0.459. The zero-order valence-electron chi connectivity index (χ0n) is 22.2. The fourth-order valence-corrected chi connectivity index (χ4v) is 4.99. The number of rotatable bonds is 9. The van der Waals surface area contributed by atoms with Crippen LogP contribution >= 0.6 is 0 Å². The molecule has 198 valence electrons. The van der Waals surface area contributed by atoms with Crippen LogP contribution in [0.25, 0.3) is 21.9 Å². The number of hydrogen-bond acceptors (Lipinski definition) is 4. The summed E-state index contributed by atoms with van der Waals surface area (Å²) in [5.41, 5.74) is 5.03. The van der Waals surface area contributed by atoms with Gasteiger partial charge in [0.05, 0.1) is 0 Å². The highest BCUT2D eigenvalue weighted by atomic mass is 16.2. The Bertz CT molecular complexity index is 1460. The Hall–Kier alpha value is -4.65. The lowest BCUT2D eigenvalue weighted by atomic mass is 9.94. The Morgan fingerprint density at radius 2 is 1.28 bits per heavy atom. The topological polar surface area (TPSA) is 81.8 Å². The van der Waals surface area contributed by atoms with E-state index in [1.54, 1.807) is 17.0 Å². The van der Waals surface area contributed by atoms with Crippen LogP contribution in [-0.2, 0) is 0 Å². The van der Waals surface area contributed by atoms with Crippen LogP contribution in [0.2, 0.25) is 0 Å². The van der Waals surface area contributed by atoms with Gasteiger partial charge in [-0.25, -0.2) is 4.79 Å². The average Bonchev–Trinajstić information content (AvgIpc) is 2.97. The first kappa shape index (κ1) is 26.0. The standard InChI is InChI=1S/C32H32N4O3/c1-3-35(4-2)32(39)34-26-18-14-23(15-19-26)22-12-16-25(17-13-22)33-20-7-21-36-30(37)27-10-5-8-24-9-6-11-28(29(24)27)31(36)38/h5-6,8-19,33H,3-4,7,20-21H2,1-2H3,(H,34,39). The minimum atomic E-state index is -0.229. The van der Waals surface area contributed by atoms with Crippen molar-refractivity contribution in [1.82, 2.24) is 9.80 Å². The predicted molar refractivity (Wildman–Crippen MR) is 156 cm³/mol. The minimum absolute atomic E-state index is 0.0978.